The van der Waals surface area contributed by atoms with Crippen LogP contribution in [0.25, 0.3) is 11.0 Å². The molecule has 2 heterocycles. The standard InChI is InChI=1S/C28H26N2O3/c31-25-19-27(33-26-14-8-7-13-24(25)26)28(32)30(22-11-5-2-6-12-22)23-15-17-29(18-16-23)20-21-9-3-1-4-10-21/h1-14,19,23H,15-18,20H2. The van der Waals surface area contributed by atoms with Gasteiger partial charge in [0.1, 0.15) is 5.58 Å². The van der Waals surface area contributed by atoms with Crippen LogP contribution < -0.4 is 10.3 Å². The normalized spacial score (nSPS) is 14.9. The molecular weight excluding hydrogens is 412 g/mol. The number of anilines is 1. The zero-order valence-corrected chi connectivity index (χ0v) is 18.4. The average molecular weight is 439 g/mol. The van der Waals surface area contributed by atoms with Crippen molar-refractivity contribution in [1.82, 2.24) is 4.90 Å². The molecule has 0 bridgehead atoms. The molecule has 0 saturated carbocycles. The van der Waals surface area contributed by atoms with Crippen LogP contribution in [0.3, 0.4) is 0 Å². The first-order chi connectivity index (χ1) is 16.2. The van der Waals surface area contributed by atoms with E-state index in [0.29, 0.717) is 11.0 Å². The number of likely N-dealkylation sites (tertiary alicyclic amines) is 1. The summed E-state index contributed by atoms with van der Waals surface area (Å²) in [6, 6.07) is 28.5. The van der Waals surface area contributed by atoms with Gasteiger partial charge < -0.3 is 9.32 Å². The molecule has 5 rings (SSSR count). The summed E-state index contributed by atoms with van der Waals surface area (Å²) < 4.78 is 5.90. The first-order valence-corrected chi connectivity index (χ1v) is 11.4. The molecule has 1 amide bonds. The second kappa shape index (κ2) is 9.43. The molecule has 1 aliphatic heterocycles. The van der Waals surface area contributed by atoms with E-state index in [0.717, 1.165) is 38.2 Å². The SMILES string of the molecule is O=C(c1cc(=O)c2ccccc2o1)N(c1ccccc1)C1CCN(Cc2ccccc2)CC1. The topological polar surface area (TPSA) is 53.8 Å². The van der Waals surface area contributed by atoms with E-state index in [4.69, 9.17) is 4.42 Å². The summed E-state index contributed by atoms with van der Waals surface area (Å²) in [5, 5.41) is 0.481. The highest BCUT2D eigenvalue weighted by molar-refractivity contribution is 6.05. The fourth-order valence-electron chi connectivity index (χ4n) is 4.59. The van der Waals surface area contributed by atoms with Gasteiger partial charge in [-0.3, -0.25) is 14.5 Å². The maximum Gasteiger partial charge on any atom is 0.294 e. The number of benzene rings is 3. The summed E-state index contributed by atoms with van der Waals surface area (Å²) in [6.07, 6.45) is 1.70. The van der Waals surface area contributed by atoms with Crippen molar-refractivity contribution in [3.05, 3.63) is 113 Å². The second-order valence-electron chi connectivity index (χ2n) is 8.47. The smallest absolute Gasteiger partial charge is 0.294 e. The highest BCUT2D eigenvalue weighted by atomic mass is 16.3. The van der Waals surface area contributed by atoms with Crippen LogP contribution in [0.5, 0.6) is 0 Å². The Morgan fingerprint density at radius 2 is 1.52 bits per heavy atom. The molecule has 1 fully saturated rings. The van der Waals surface area contributed by atoms with Crippen molar-refractivity contribution < 1.29 is 9.21 Å². The number of hydrogen-bond acceptors (Lipinski definition) is 4. The van der Waals surface area contributed by atoms with Gasteiger partial charge in [0.2, 0.25) is 0 Å². The minimum Gasteiger partial charge on any atom is -0.451 e. The van der Waals surface area contributed by atoms with Crippen LogP contribution in [0.2, 0.25) is 0 Å². The molecule has 3 aromatic carbocycles. The summed E-state index contributed by atoms with van der Waals surface area (Å²) in [5.41, 5.74) is 2.34. The number of carbonyl (C=O) groups is 1. The molecule has 5 heteroatoms. The number of piperidine rings is 1. The Kier molecular flexibility index (Phi) is 6.05. The summed E-state index contributed by atoms with van der Waals surface area (Å²) in [5.74, 6) is -0.195. The van der Waals surface area contributed by atoms with Gasteiger partial charge in [0.15, 0.2) is 11.2 Å². The van der Waals surface area contributed by atoms with E-state index in [9.17, 15) is 9.59 Å². The molecular formula is C28H26N2O3. The Hall–Kier alpha value is -3.70. The van der Waals surface area contributed by atoms with E-state index in [2.05, 4.69) is 29.2 Å². The van der Waals surface area contributed by atoms with Crippen LogP contribution in [-0.4, -0.2) is 29.9 Å². The zero-order valence-electron chi connectivity index (χ0n) is 18.4. The Morgan fingerprint density at radius 1 is 0.879 bits per heavy atom. The van der Waals surface area contributed by atoms with E-state index >= 15 is 0 Å². The molecule has 0 aliphatic carbocycles. The highest BCUT2D eigenvalue weighted by Gasteiger charge is 2.31. The van der Waals surface area contributed by atoms with Crippen molar-refractivity contribution >= 4 is 22.6 Å². The summed E-state index contributed by atoms with van der Waals surface area (Å²) in [4.78, 5) is 30.5. The summed E-state index contributed by atoms with van der Waals surface area (Å²) >= 11 is 0. The van der Waals surface area contributed by atoms with Crippen LogP contribution >= 0.6 is 0 Å². The number of hydrogen-bond donors (Lipinski definition) is 0. The predicted octanol–water partition coefficient (Wildman–Crippen LogP) is 5.10. The Balaban J connectivity index is 1.40. The number of carbonyl (C=O) groups excluding carboxylic acids is 1. The predicted molar refractivity (Wildman–Crippen MR) is 130 cm³/mol. The fraction of sp³-hybridized carbons (Fsp3) is 0.214. The molecule has 1 aliphatic rings. The monoisotopic (exact) mass is 438 g/mol. The van der Waals surface area contributed by atoms with Crippen LogP contribution in [-0.2, 0) is 6.54 Å². The number of nitrogens with zero attached hydrogens (tertiary/aromatic N) is 2. The van der Waals surface area contributed by atoms with E-state index in [1.54, 1.807) is 24.3 Å². The maximum atomic E-state index is 13.7. The number of amides is 1. The van der Waals surface area contributed by atoms with Gasteiger partial charge in [0.25, 0.3) is 5.91 Å². The first kappa shape index (κ1) is 21.2. The van der Waals surface area contributed by atoms with E-state index < -0.39 is 0 Å². The van der Waals surface area contributed by atoms with Gasteiger partial charge in [0.05, 0.1) is 5.39 Å². The number of para-hydroxylation sites is 2. The maximum absolute atomic E-state index is 13.7. The minimum absolute atomic E-state index is 0.0312. The molecule has 0 N–H and O–H groups in total. The van der Waals surface area contributed by atoms with Crippen molar-refractivity contribution in [1.29, 1.82) is 0 Å². The Labute approximate surface area is 192 Å². The van der Waals surface area contributed by atoms with Crippen molar-refractivity contribution in [2.45, 2.75) is 25.4 Å². The number of rotatable bonds is 5. The van der Waals surface area contributed by atoms with Crippen LogP contribution in [0.15, 0.2) is 100 Å². The third-order valence-corrected chi connectivity index (χ3v) is 6.27. The number of fused-ring (bicyclic) bond motifs is 1. The quantitative estimate of drug-likeness (QED) is 0.435. The Bertz CT molecular complexity index is 1290. The van der Waals surface area contributed by atoms with Gasteiger partial charge in [-0.15, -0.1) is 0 Å². The third-order valence-electron chi connectivity index (χ3n) is 6.27. The van der Waals surface area contributed by atoms with Gasteiger partial charge in [-0.25, -0.2) is 0 Å². The van der Waals surface area contributed by atoms with Gasteiger partial charge in [-0.2, -0.15) is 0 Å². The molecule has 1 aromatic heterocycles. The van der Waals surface area contributed by atoms with E-state index in [1.165, 1.54) is 11.6 Å². The minimum atomic E-state index is -0.273. The van der Waals surface area contributed by atoms with E-state index in [1.807, 2.05) is 41.3 Å². The van der Waals surface area contributed by atoms with Crippen LogP contribution in [0.1, 0.15) is 29.0 Å². The lowest BCUT2D eigenvalue weighted by molar-refractivity contribution is 0.0932. The zero-order chi connectivity index (χ0) is 22.6. The van der Waals surface area contributed by atoms with Crippen LogP contribution in [0, 0.1) is 0 Å². The Morgan fingerprint density at radius 3 is 2.24 bits per heavy atom. The second-order valence-corrected chi connectivity index (χ2v) is 8.47. The molecule has 5 nitrogen and oxygen atoms in total. The van der Waals surface area contributed by atoms with Gasteiger partial charge >= 0.3 is 0 Å². The van der Waals surface area contributed by atoms with Gasteiger partial charge in [-0.1, -0.05) is 60.7 Å². The van der Waals surface area contributed by atoms with Crippen LogP contribution in [0.4, 0.5) is 5.69 Å². The van der Waals surface area contributed by atoms with E-state index in [-0.39, 0.29) is 23.1 Å². The fourth-order valence-corrected chi connectivity index (χ4v) is 4.59. The summed E-state index contributed by atoms with van der Waals surface area (Å²) in [6.45, 7) is 2.71. The lowest BCUT2D eigenvalue weighted by Gasteiger charge is -2.38. The molecule has 33 heavy (non-hydrogen) atoms. The molecule has 0 unspecified atom stereocenters. The molecule has 0 atom stereocenters. The highest BCUT2D eigenvalue weighted by Crippen LogP contribution is 2.27. The van der Waals surface area contributed by atoms with Gasteiger partial charge in [-0.05, 0) is 42.7 Å². The average Bonchev–Trinajstić information content (AvgIpc) is 2.86. The molecule has 0 spiro atoms. The lowest BCUT2D eigenvalue weighted by atomic mass is 10.0. The van der Waals surface area contributed by atoms with Crippen molar-refractivity contribution in [2.75, 3.05) is 18.0 Å². The lowest BCUT2D eigenvalue weighted by Crippen LogP contribution is -2.47. The first-order valence-electron chi connectivity index (χ1n) is 11.4. The van der Waals surface area contributed by atoms with Crippen molar-refractivity contribution in [3.8, 4) is 0 Å². The summed E-state index contributed by atoms with van der Waals surface area (Å²) in [7, 11) is 0. The van der Waals surface area contributed by atoms with Crippen molar-refractivity contribution in [2.24, 2.45) is 0 Å². The van der Waals surface area contributed by atoms with Crippen molar-refractivity contribution in [3.63, 3.8) is 0 Å². The molecule has 1 saturated heterocycles. The largest absolute Gasteiger partial charge is 0.451 e. The molecule has 0 radical (unpaired) electrons. The molecule has 4 aromatic rings. The van der Waals surface area contributed by atoms with Gasteiger partial charge in [0, 0.05) is 37.4 Å². The third kappa shape index (κ3) is 4.59. The molecule has 166 valence electrons.